The second kappa shape index (κ2) is 4.58. The molecule has 4 heteroatoms. The zero-order valence-corrected chi connectivity index (χ0v) is 10.4. The van der Waals surface area contributed by atoms with Crippen molar-refractivity contribution >= 4 is 7.12 Å². The Morgan fingerprint density at radius 3 is 2.33 bits per heavy atom. The topological polar surface area (TPSA) is 27.7 Å². The van der Waals surface area contributed by atoms with Crippen LogP contribution >= 0.6 is 0 Å². The fourth-order valence-corrected chi connectivity index (χ4v) is 1.64. The molecule has 1 aliphatic heterocycles. The van der Waals surface area contributed by atoms with Gasteiger partial charge in [0.05, 0.1) is 24.1 Å². The third kappa shape index (κ3) is 2.55. The van der Waals surface area contributed by atoms with Gasteiger partial charge in [-0.05, 0) is 40.1 Å². The molecule has 1 aliphatic rings. The highest BCUT2D eigenvalue weighted by Gasteiger charge is 2.51. The molecule has 0 amide bonds. The Balaban J connectivity index is 2.62. The summed E-state index contributed by atoms with van der Waals surface area (Å²) in [5.74, 6) is 1.81. The van der Waals surface area contributed by atoms with Gasteiger partial charge in [-0.15, -0.1) is 0 Å². The van der Waals surface area contributed by atoms with E-state index in [0.717, 1.165) is 6.42 Å². The monoisotopic (exact) mass is 212 g/mol. The first kappa shape index (κ1) is 12.6. The Hall–Kier alpha value is -0.475. The minimum atomic E-state index is -0.295. The number of hydrogen-bond acceptors (Lipinski definition) is 3. The van der Waals surface area contributed by atoms with E-state index in [4.69, 9.17) is 14.0 Å². The molecule has 1 saturated heterocycles. The Morgan fingerprint density at radius 2 is 1.87 bits per heavy atom. The van der Waals surface area contributed by atoms with Gasteiger partial charge in [0, 0.05) is 0 Å². The SMILES string of the molecule is CCO/C=C/B1OC(C)(C)C(C)(CC)O1. The quantitative estimate of drug-likeness (QED) is 0.529. The largest absolute Gasteiger partial charge is 0.502 e. The van der Waals surface area contributed by atoms with Crippen LogP contribution < -0.4 is 0 Å². The molecule has 0 aromatic carbocycles. The van der Waals surface area contributed by atoms with Gasteiger partial charge in [0.15, 0.2) is 0 Å². The maximum absolute atomic E-state index is 5.87. The maximum Gasteiger partial charge on any atom is 0.490 e. The Bertz CT molecular complexity index is 240. The van der Waals surface area contributed by atoms with Crippen molar-refractivity contribution in [2.45, 2.75) is 52.2 Å². The Labute approximate surface area is 92.9 Å². The van der Waals surface area contributed by atoms with Crippen molar-refractivity contribution in [2.75, 3.05) is 6.61 Å². The van der Waals surface area contributed by atoms with Crippen LogP contribution in [-0.2, 0) is 14.0 Å². The molecule has 0 spiro atoms. The van der Waals surface area contributed by atoms with Crippen LogP contribution in [0.4, 0.5) is 0 Å². The van der Waals surface area contributed by atoms with E-state index in [1.54, 1.807) is 6.26 Å². The zero-order valence-electron chi connectivity index (χ0n) is 10.4. The van der Waals surface area contributed by atoms with Gasteiger partial charge in [-0.2, -0.15) is 0 Å². The van der Waals surface area contributed by atoms with Crippen LogP contribution in [0.5, 0.6) is 0 Å². The highest BCUT2D eigenvalue weighted by Crippen LogP contribution is 2.39. The van der Waals surface area contributed by atoms with E-state index in [1.807, 2.05) is 12.9 Å². The average Bonchev–Trinajstić information content (AvgIpc) is 2.38. The van der Waals surface area contributed by atoms with E-state index >= 15 is 0 Å². The molecule has 1 fully saturated rings. The summed E-state index contributed by atoms with van der Waals surface area (Å²) in [6, 6.07) is 0. The van der Waals surface area contributed by atoms with E-state index in [1.165, 1.54) is 0 Å². The highest BCUT2D eigenvalue weighted by atomic mass is 16.7. The summed E-state index contributed by atoms with van der Waals surface area (Å²) >= 11 is 0. The second-order valence-corrected chi connectivity index (χ2v) is 4.48. The fourth-order valence-electron chi connectivity index (χ4n) is 1.64. The van der Waals surface area contributed by atoms with Crippen molar-refractivity contribution in [3.8, 4) is 0 Å². The number of ether oxygens (including phenoxy) is 1. The van der Waals surface area contributed by atoms with Crippen LogP contribution in [-0.4, -0.2) is 24.9 Å². The normalized spacial score (nSPS) is 30.1. The fraction of sp³-hybridized carbons (Fsp3) is 0.818. The molecule has 0 aromatic rings. The molecular weight excluding hydrogens is 191 g/mol. The van der Waals surface area contributed by atoms with Gasteiger partial charge in [-0.1, -0.05) is 6.92 Å². The summed E-state index contributed by atoms with van der Waals surface area (Å²) in [7, 11) is -0.295. The summed E-state index contributed by atoms with van der Waals surface area (Å²) in [5.41, 5.74) is -0.489. The minimum Gasteiger partial charge on any atom is -0.502 e. The van der Waals surface area contributed by atoms with Crippen molar-refractivity contribution in [3.63, 3.8) is 0 Å². The molecule has 86 valence electrons. The van der Waals surface area contributed by atoms with Crippen molar-refractivity contribution in [1.82, 2.24) is 0 Å². The molecule has 15 heavy (non-hydrogen) atoms. The van der Waals surface area contributed by atoms with Gasteiger partial charge in [0.1, 0.15) is 0 Å². The van der Waals surface area contributed by atoms with Gasteiger partial charge < -0.3 is 14.0 Å². The molecule has 0 aliphatic carbocycles. The van der Waals surface area contributed by atoms with E-state index in [9.17, 15) is 0 Å². The molecule has 0 saturated carbocycles. The summed E-state index contributed by atoms with van der Waals surface area (Å²) in [6.07, 6.45) is 2.57. The van der Waals surface area contributed by atoms with Crippen LogP contribution in [0.1, 0.15) is 41.0 Å². The minimum absolute atomic E-state index is 0.228. The van der Waals surface area contributed by atoms with Crippen LogP contribution in [0, 0.1) is 0 Å². The van der Waals surface area contributed by atoms with Crippen molar-refractivity contribution in [3.05, 3.63) is 12.2 Å². The first-order valence-electron chi connectivity index (χ1n) is 5.59. The van der Waals surface area contributed by atoms with E-state index < -0.39 is 0 Å². The second-order valence-electron chi connectivity index (χ2n) is 4.48. The highest BCUT2D eigenvalue weighted by molar-refractivity contribution is 6.51. The van der Waals surface area contributed by atoms with Gasteiger partial charge in [-0.3, -0.25) is 0 Å². The third-order valence-corrected chi connectivity index (χ3v) is 3.23. The summed E-state index contributed by atoms with van der Waals surface area (Å²) < 4.78 is 16.8. The average molecular weight is 212 g/mol. The molecule has 1 atom stereocenters. The van der Waals surface area contributed by atoms with Gasteiger partial charge in [-0.25, -0.2) is 0 Å². The van der Waals surface area contributed by atoms with Crippen molar-refractivity contribution in [1.29, 1.82) is 0 Å². The van der Waals surface area contributed by atoms with Crippen LogP contribution in [0.25, 0.3) is 0 Å². The lowest BCUT2D eigenvalue weighted by Gasteiger charge is -2.35. The van der Waals surface area contributed by atoms with Crippen molar-refractivity contribution in [2.24, 2.45) is 0 Å². The molecule has 1 rings (SSSR count). The lowest BCUT2D eigenvalue weighted by atomic mass is 9.86. The molecule has 0 bridgehead atoms. The molecule has 0 aromatic heterocycles. The number of hydrogen-bond donors (Lipinski definition) is 0. The van der Waals surface area contributed by atoms with E-state index in [-0.39, 0.29) is 18.3 Å². The summed E-state index contributed by atoms with van der Waals surface area (Å²) in [6.45, 7) is 10.9. The maximum atomic E-state index is 5.87. The standard InChI is InChI=1S/C11H21BO3/c1-6-11(5)10(3,4)14-12(15-11)8-9-13-7-2/h8-9H,6-7H2,1-5H3/b9-8+. The molecular formula is C11H21BO3. The van der Waals surface area contributed by atoms with E-state index in [0.29, 0.717) is 6.61 Å². The first-order valence-corrected chi connectivity index (χ1v) is 5.59. The molecule has 1 heterocycles. The Morgan fingerprint density at radius 1 is 1.20 bits per heavy atom. The first-order chi connectivity index (χ1) is 6.95. The van der Waals surface area contributed by atoms with Crippen LogP contribution in [0.2, 0.25) is 0 Å². The predicted molar refractivity (Wildman–Crippen MR) is 61.5 cm³/mol. The van der Waals surface area contributed by atoms with Crippen LogP contribution in [0.3, 0.4) is 0 Å². The molecule has 1 unspecified atom stereocenters. The summed E-state index contributed by atoms with van der Waals surface area (Å²) in [4.78, 5) is 0. The predicted octanol–water partition coefficient (Wildman–Crippen LogP) is 2.56. The van der Waals surface area contributed by atoms with Gasteiger partial charge in [0.2, 0.25) is 0 Å². The lowest BCUT2D eigenvalue weighted by molar-refractivity contribution is -0.0118. The zero-order chi connectivity index (χ0) is 11.5. The van der Waals surface area contributed by atoms with Gasteiger partial charge >= 0.3 is 7.12 Å². The van der Waals surface area contributed by atoms with Crippen molar-refractivity contribution < 1.29 is 14.0 Å². The van der Waals surface area contributed by atoms with E-state index in [2.05, 4.69) is 27.7 Å². The summed E-state index contributed by atoms with van der Waals surface area (Å²) in [5, 5.41) is 0. The smallest absolute Gasteiger partial charge is 0.490 e. The molecule has 0 radical (unpaired) electrons. The number of rotatable bonds is 4. The molecule has 3 nitrogen and oxygen atoms in total. The van der Waals surface area contributed by atoms with Crippen LogP contribution in [0.15, 0.2) is 12.2 Å². The molecule has 0 N–H and O–H groups in total. The lowest BCUT2D eigenvalue weighted by Crippen LogP contribution is -2.44. The third-order valence-electron chi connectivity index (χ3n) is 3.23. The van der Waals surface area contributed by atoms with Gasteiger partial charge in [0.25, 0.3) is 0 Å². The Kier molecular flexibility index (Phi) is 3.84.